The van der Waals surface area contributed by atoms with Crippen molar-refractivity contribution in [1.82, 2.24) is 14.7 Å². The lowest BCUT2D eigenvalue weighted by atomic mass is 10.3. The Hall–Kier alpha value is -1.59. The number of hydrogen-bond acceptors (Lipinski definition) is 4. The van der Waals surface area contributed by atoms with Gasteiger partial charge in [-0.3, -0.25) is 0 Å². The van der Waals surface area contributed by atoms with Gasteiger partial charge in [-0.15, -0.1) is 0 Å². The van der Waals surface area contributed by atoms with Gasteiger partial charge in [0.05, 0.1) is 12.3 Å². The number of imidazole rings is 1. The van der Waals surface area contributed by atoms with Crippen molar-refractivity contribution in [2.75, 3.05) is 31.6 Å². The summed E-state index contributed by atoms with van der Waals surface area (Å²) in [4.78, 5) is 6.86. The third-order valence-electron chi connectivity index (χ3n) is 3.11. The largest absolute Gasteiger partial charge is 0.395 e. The zero-order valence-corrected chi connectivity index (χ0v) is 11.6. The molecule has 0 unspecified atom stereocenters. The van der Waals surface area contributed by atoms with E-state index in [2.05, 4.69) is 21.5 Å². The first-order chi connectivity index (χ1) is 9.31. The fourth-order valence-corrected chi connectivity index (χ4v) is 2.33. The van der Waals surface area contributed by atoms with Gasteiger partial charge in [0, 0.05) is 25.8 Å². The molecule has 2 heterocycles. The first-order valence-corrected chi connectivity index (χ1v) is 6.78. The highest BCUT2D eigenvalue weighted by molar-refractivity contribution is 5.56. The number of nitrogens with one attached hydrogen (secondary N) is 1. The summed E-state index contributed by atoms with van der Waals surface area (Å²) in [6.07, 6.45) is 3.06. The second kappa shape index (κ2) is 6.54. The molecule has 5 heteroatoms. The molecule has 2 aromatic rings. The minimum absolute atomic E-state index is 0.146. The van der Waals surface area contributed by atoms with Crippen molar-refractivity contribution in [2.45, 2.75) is 19.9 Å². The van der Waals surface area contributed by atoms with Crippen LogP contribution in [0.25, 0.3) is 5.65 Å². The van der Waals surface area contributed by atoms with Crippen molar-refractivity contribution >= 4 is 11.5 Å². The van der Waals surface area contributed by atoms with Crippen molar-refractivity contribution in [3.05, 3.63) is 30.1 Å². The lowest BCUT2D eigenvalue weighted by Crippen LogP contribution is -2.29. The highest BCUT2D eigenvalue weighted by atomic mass is 16.3. The van der Waals surface area contributed by atoms with Crippen LogP contribution >= 0.6 is 0 Å². The Labute approximate surface area is 113 Å². The Morgan fingerprint density at radius 3 is 2.89 bits per heavy atom. The minimum Gasteiger partial charge on any atom is -0.395 e. The van der Waals surface area contributed by atoms with Gasteiger partial charge < -0.3 is 19.7 Å². The summed E-state index contributed by atoms with van der Waals surface area (Å²) in [7, 11) is 1.93. The first kappa shape index (κ1) is 13.8. The number of aliphatic hydroxyl groups excluding tert-OH is 1. The number of hydrogen-bond donors (Lipinski definition) is 2. The number of anilines is 1. The topological polar surface area (TPSA) is 52.8 Å². The molecular weight excluding hydrogens is 240 g/mol. The van der Waals surface area contributed by atoms with Gasteiger partial charge in [0.25, 0.3) is 0 Å². The third kappa shape index (κ3) is 2.88. The second-order valence-corrected chi connectivity index (χ2v) is 4.55. The van der Waals surface area contributed by atoms with E-state index in [9.17, 15) is 5.11 Å². The molecule has 2 N–H and O–H groups in total. The molecule has 0 aliphatic carbocycles. The van der Waals surface area contributed by atoms with Crippen LogP contribution in [0.3, 0.4) is 0 Å². The van der Waals surface area contributed by atoms with Crippen LogP contribution < -0.4 is 10.2 Å². The van der Waals surface area contributed by atoms with Crippen LogP contribution in [0.5, 0.6) is 0 Å². The molecule has 5 nitrogen and oxygen atoms in total. The van der Waals surface area contributed by atoms with Gasteiger partial charge in [-0.1, -0.05) is 13.0 Å². The zero-order valence-electron chi connectivity index (χ0n) is 11.6. The summed E-state index contributed by atoms with van der Waals surface area (Å²) in [5.41, 5.74) is 2.08. The van der Waals surface area contributed by atoms with Gasteiger partial charge in [0.15, 0.2) is 5.82 Å². The van der Waals surface area contributed by atoms with Gasteiger partial charge in [0.1, 0.15) is 5.65 Å². The average Bonchev–Trinajstić information content (AvgIpc) is 2.78. The SMILES string of the molecule is CCCN(CCO)c1nc2ccccn2c1CNC. The van der Waals surface area contributed by atoms with Crippen molar-refractivity contribution < 1.29 is 5.11 Å². The maximum absolute atomic E-state index is 9.23. The van der Waals surface area contributed by atoms with Gasteiger partial charge in [-0.25, -0.2) is 4.98 Å². The summed E-state index contributed by atoms with van der Waals surface area (Å²) in [6.45, 7) is 4.56. The fraction of sp³-hybridized carbons (Fsp3) is 0.500. The van der Waals surface area contributed by atoms with E-state index in [1.165, 1.54) is 0 Å². The minimum atomic E-state index is 0.146. The molecule has 0 aromatic carbocycles. The van der Waals surface area contributed by atoms with Gasteiger partial charge in [-0.2, -0.15) is 0 Å². The van der Waals surface area contributed by atoms with Crippen molar-refractivity contribution in [3.8, 4) is 0 Å². The van der Waals surface area contributed by atoms with Crippen molar-refractivity contribution in [2.24, 2.45) is 0 Å². The van der Waals surface area contributed by atoms with Gasteiger partial charge in [0.2, 0.25) is 0 Å². The number of fused-ring (bicyclic) bond motifs is 1. The van der Waals surface area contributed by atoms with Crippen LogP contribution in [0.2, 0.25) is 0 Å². The van der Waals surface area contributed by atoms with Crippen LogP contribution in [-0.2, 0) is 6.54 Å². The van der Waals surface area contributed by atoms with Crippen LogP contribution in [0.4, 0.5) is 5.82 Å². The Morgan fingerprint density at radius 2 is 2.21 bits per heavy atom. The van der Waals surface area contributed by atoms with E-state index in [4.69, 9.17) is 4.98 Å². The standard InChI is InChI=1S/C14H22N4O/c1-3-7-17(9-10-19)14-12(11-15-2)18-8-5-4-6-13(18)16-14/h4-6,8,15,19H,3,7,9-11H2,1-2H3. The summed E-state index contributed by atoms with van der Waals surface area (Å²) >= 11 is 0. The second-order valence-electron chi connectivity index (χ2n) is 4.55. The molecule has 0 spiro atoms. The molecule has 19 heavy (non-hydrogen) atoms. The Bertz CT molecular complexity index is 517. The van der Waals surface area contributed by atoms with E-state index in [1.807, 2.05) is 31.4 Å². The maximum atomic E-state index is 9.23. The molecule has 104 valence electrons. The number of nitrogens with zero attached hydrogens (tertiary/aromatic N) is 3. The monoisotopic (exact) mass is 262 g/mol. The molecule has 2 aromatic heterocycles. The molecule has 0 radical (unpaired) electrons. The highest BCUT2D eigenvalue weighted by Crippen LogP contribution is 2.21. The Kier molecular flexibility index (Phi) is 4.76. The van der Waals surface area contributed by atoms with Crippen LogP contribution in [0, 0.1) is 0 Å². The Morgan fingerprint density at radius 1 is 1.37 bits per heavy atom. The number of rotatable bonds is 7. The number of aromatic nitrogens is 2. The third-order valence-corrected chi connectivity index (χ3v) is 3.11. The Balaban J connectivity index is 2.46. The van der Waals surface area contributed by atoms with E-state index in [0.29, 0.717) is 6.54 Å². The van der Waals surface area contributed by atoms with E-state index in [-0.39, 0.29) is 6.61 Å². The zero-order chi connectivity index (χ0) is 13.7. The average molecular weight is 262 g/mol. The van der Waals surface area contributed by atoms with E-state index < -0.39 is 0 Å². The summed E-state index contributed by atoms with van der Waals surface area (Å²) in [5, 5.41) is 12.4. The lowest BCUT2D eigenvalue weighted by molar-refractivity contribution is 0.301. The van der Waals surface area contributed by atoms with E-state index in [0.717, 1.165) is 36.7 Å². The predicted octanol–water partition coefficient (Wildman–Crippen LogP) is 1.26. The van der Waals surface area contributed by atoms with E-state index >= 15 is 0 Å². The molecule has 0 amide bonds. The highest BCUT2D eigenvalue weighted by Gasteiger charge is 2.16. The van der Waals surface area contributed by atoms with Crippen LogP contribution in [0.1, 0.15) is 19.0 Å². The smallest absolute Gasteiger partial charge is 0.152 e. The van der Waals surface area contributed by atoms with Gasteiger partial charge in [-0.05, 0) is 25.6 Å². The first-order valence-electron chi connectivity index (χ1n) is 6.78. The molecule has 0 bridgehead atoms. The van der Waals surface area contributed by atoms with E-state index in [1.54, 1.807) is 0 Å². The van der Waals surface area contributed by atoms with Crippen molar-refractivity contribution in [1.29, 1.82) is 0 Å². The lowest BCUT2D eigenvalue weighted by Gasteiger charge is -2.22. The number of aliphatic hydroxyl groups is 1. The summed E-state index contributed by atoms with van der Waals surface area (Å²) in [6, 6.07) is 6.00. The molecule has 0 atom stereocenters. The maximum Gasteiger partial charge on any atom is 0.152 e. The molecule has 0 aliphatic rings. The molecule has 0 saturated carbocycles. The van der Waals surface area contributed by atoms with Crippen LogP contribution in [0.15, 0.2) is 24.4 Å². The summed E-state index contributed by atoms with van der Waals surface area (Å²) < 4.78 is 2.10. The molecular formula is C14H22N4O. The van der Waals surface area contributed by atoms with Crippen molar-refractivity contribution in [3.63, 3.8) is 0 Å². The van der Waals surface area contributed by atoms with Gasteiger partial charge >= 0.3 is 0 Å². The number of pyridine rings is 1. The normalized spacial score (nSPS) is 11.1. The molecule has 0 fully saturated rings. The fourth-order valence-electron chi connectivity index (χ4n) is 2.33. The predicted molar refractivity (Wildman–Crippen MR) is 77.5 cm³/mol. The van der Waals surface area contributed by atoms with Crippen LogP contribution in [-0.4, -0.2) is 41.2 Å². The molecule has 0 saturated heterocycles. The quantitative estimate of drug-likeness (QED) is 0.789. The molecule has 0 aliphatic heterocycles. The molecule has 2 rings (SSSR count). The summed E-state index contributed by atoms with van der Waals surface area (Å²) in [5.74, 6) is 0.969.